The number of nitrogens with one attached hydrogen (secondary N) is 1. The Hall–Kier alpha value is -0.930. The van der Waals surface area contributed by atoms with Gasteiger partial charge in [0.1, 0.15) is 5.82 Å². The number of ether oxygens (including phenoxy) is 1. The second-order valence-corrected chi connectivity index (χ2v) is 5.02. The molecule has 0 bridgehead atoms. The highest BCUT2D eigenvalue weighted by atomic mass is 19.1. The van der Waals surface area contributed by atoms with Crippen LogP contribution in [0.2, 0.25) is 0 Å². The Bertz CT molecular complexity index is 346. The van der Waals surface area contributed by atoms with E-state index in [2.05, 4.69) is 12.2 Å². The zero-order valence-corrected chi connectivity index (χ0v) is 11.0. The number of hydrogen-bond acceptors (Lipinski definition) is 2. The molecule has 0 spiro atoms. The van der Waals surface area contributed by atoms with Crippen LogP contribution in [0.15, 0.2) is 24.3 Å². The molecule has 0 aromatic heterocycles. The molecular weight excluding hydrogens is 229 g/mol. The Kier molecular flexibility index (Phi) is 5.14. The van der Waals surface area contributed by atoms with Gasteiger partial charge in [-0.1, -0.05) is 19.1 Å². The second kappa shape index (κ2) is 6.86. The summed E-state index contributed by atoms with van der Waals surface area (Å²) in [6.07, 6.45) is 3.33. The summed E-state index contributed by atoms with van der Waals surface area (Å²) in [5.74, 6) is 0.460. The van der Waals surface area contributed by atoms with Crippen molar-refractivity contribution in [2.75, 3.05) is 19.8 Å². The summed E-state index contributed by atoms with van der Waals surface area (Å²) in [6, 6.07) is 7.18. The molecule has 1 aromatic rings. The lowest BCUT2D eigenvalue weighted by molar-refractivity contribution is 0.181. The van der Waals surface area contributed by atoms with Gasteiger partial charge in [0.2, 0.25) is 0 Å². The third kappa shape index (κ3) is 3.79. The summed E-state index contributed by atoms with van der Waals surface area (Å²) in [6.45, 7) is 4.91. The largest absolute Gasteiger partial charge is 0.381 e. The molecule has 1 heterocycles. The zero-order valence-electron chi connectivity index (χ0n) is 11.0. The van der Waals surface area contributed by atoms with Crippen molar-refractivity contribution in [1.29, 1.82) is 0 Å². The molecule has 1 aliphatic heterocycles. The minimum absolute atomic E-state index is 0.169. The number of halogens is 1. The second-order valence-electron chi connectivity index (χ2n) is 5.02. The SMILES string of the molecule is CCCNC(CC1CCOC1)c1ccc(F)cc1. The van der Waals surface area contributed by atoms with E-state index in [1.165, 1.54) is 5.56 Å². The average Bonchev–Trinajstić information content (AvgIpc) is 2.88. The van der Waals surface area contributed by atoms with Crippen LogP contribution in [0.3, 0.4) is 0 Å². The Balaban J connectivity index is 2.00. The Labute approximate surface area is 109 Å². The molecule has 0 saturated carbocycles. The highest BCUT2D eigenvalue weighted by Crippen LogP contribution is 2.26. The van der Waals surface area contributed by atoms with Crippen molar-refractivity contribution < 1.29 is 9.13 Å². The van der Waals surface area contributed by atoms with Crippen molar-refractivity contribution in [3.8, 4) is 0 Å². The first kappa shape index (κ1) is 13.5. The molecule has 2 atom stereocenters. The molecule has 0 aliphatic carbocycles. The van der Waals surface area contributed by atoms with Crippen molar-refractivity contribution in [2.45, 2.75) is 32.2 Å². The van der Waals surface area contributed by atoms with Gasteiger partial charge in [-0.25, -0.2) is 4.39 Å². The summed E-state index contributed by atoms with van der Waals surface area (Å²) in [5.41, 5.74) is 1.18. The van der Waals surface area contributed by atoms with E-state index in [9.17, 15) is 4.39 Å². The van der Waals surface area contributed by atoms with E-state index in [-0.39, 0.29) is 5.82 Å². The maximum absolute atomic E-state index is 13.0. The van der Waals surface area contributed by atoms with Gasteiger partial charge >= 0.3 is 0 Å². The van der Waals surface area contributed by atoms with E-state index in [0.717, 1.165) is 39.0 Å². The topological polar surface area (TPSA) is 21.3 Å². The van der Waals surface area contributed by atoms with Crippen LogP contribution in [0.4, 0.5) is 4.39 Å². The standard InChI is InChI=1S/C15H22FNO/c1-2-8-17-15(10-12-7-9-18-11-12)13-3-5-14(16)6-4-13/h3-6,12,15,17H,2,7-11H2,1H3. The fourth-order valence-corrected chi connectivity index (χ4v) is 2.45. The fraction of sp³-hybridized carbons (Fsp3) is 0.600. The minimum Gasteiger partial charge on any atom is -0.381 e. The fourth-order valence-electron chi connectivity index (χ4n) is 2.45. The van der Waals surface area contributed by atoms with Gasteiger partial charge in [0.05, 0.1) is 0 Å². The van der Waals surface area contributed by atoms with Crippen LogP contribution < -0.4 is 5.32 Å². The van der Waals surface area contributed by atoms with E-state index in [0.29, 0.717) is 12.0 Å². The van der Waals surface area contributed by atoms with Crippen molar-refractivity contribution in [3.05, 3.63) is 35.6 Å². The summed E-state index contributed by atoms with van der Waals surface area (Å²) in [5, 5.41) is 3.55. The molecule has 0 amide bonds. The number of benzene rings is 1. The van der Waals surface area contributed by atoms with Gasteiger partial charge in [0.15, 0.2) is 0 Å². The number of rotatable bonds is 6. The smallest absolute Gasteiger partial charge is 0.123 e. The monoisotopic (exact) mass is 251 g/mol. The summed E-state index contributed by atoms with van der Waals surface area (Å²) < 4.78 is 18.4. The van der Waals surface area contributed by atoms with Gasteiger partial charge in [0, 0.05) is 19.3 Å². The van der Waals surface area contributed by atoms with Crippen LogP contribution in [0.1, 0.15) is 37.8 Å². The first-order valence-electron chi connectivity index (χ1n) is 6.86. The van der Waals surface area contributed by atoms with Crippen LogP contribution in [0.25, 0.3) is 0 Å². The molecule has 1 fully saturated rings. The van der Waals surface area contributed by atoms with Crippen molar-refractivity contribution in [3.63, 3.8) is 0 Å². The molecule has 100 valence electrons. The molecule has 0 radical (unpaired) electrons. The molecule has 2 unspecified atom stereocenters. The lowest BCUT2D eigenvalue weighted by atomic mass is 9.94. The number of hydrogen-bond donors (Lipinski definition) is 1. The van der Waals surface area contributed by atoms with E-state index >= 15 is 0 Å². The van der Waals surface area contributed by atoms with E-state index < -0.39 is 0 Å². The molecule has 1 aliphatic rings. The lowest BCUT2D eigenvalue weighted by Crippen LogP contribution is -2.24. The molecule has 1 N–H and O–H groups in total. The Morgan fingerprint density at radius 2 is 2.17 bits per heavy atom. The van der Waals surface area contributed by atoms with E-state index in [1.807, 2.05) is 12.1 Å². The molecular formula is C15H22FNO. The molecule has 1 aromatic carbocycles. The molecule has 2 nitrogen and oxygen atoms in total. The van der Waals surface area contributed by atoms with Gasteiger partial charge in [0.25, 0.3) is 0 Å². The average molecular weight is 251 g/mol. The maximum Gasteiger partial charge on any atom is 0.123 e. The molecule has 2 rings (SSSR count). The molecule has 1 saturated heterocycles. The van der Waals surface area contributed by atoms with Crippen LogP contribution >= 0.6 is 0 Å². The quantitative estimate of drug-likeness (QED) is 0.837. The third-order valence-corrected chi connectivity index (χ3v) is 3.51. The summed E-state index contributed by atoms with van der Waals surface area (Å²) >= 11 is 0. The normalized spacial score (nSPS) is 21.1. The highest BCUT2D eigenvalue weighted by Gasteiger charge is 2.21. The first-order valence-corrected chi connectivity index (χ1v) is 6.86. The maximum atomic E-state index is 13.0. The lowest BCUT2D eigenvalue weighted by Gasteiger charge is -2.21. The minimum atomic E-state index is -0.169. The van der Waals surface area contributed by atoms with Crippen molar-refractivity contribution in [1.82, 2.24) is 5.32 Å². The Morgan fingerprint density at radius 3 is 2.78 bits per heavy atom. The van der Waals surface area contributed by atoms with Crippen LogP contribution in [0, 0.1) is 11.7 Å². The zero-order chi connectivity index (χ0) is 12.8. The van der Waals surface area contributed by atoms with Crippen LogP contribution in [-0.2, 0) is 4.74 Å². The van der Waals surface area contributed by atoms with Crippen molar-refractivity contribution >= 4 is 0 Å². The van der Waals surface area contributed by atoms with Crippen molar-refractivity contribution in [2.24, 2.45) is 5.92 Å². The molecule has 18 heavy (non-hydrogen) atoms. The summed E-state index contributed by atoms with van der Waals surface area (Å²) in [4.78, 5) is 0. The molecule has 3 heteroatoms. The van der Waals surface area contributed by atoms with Gasteiger partial charge in [-0.05, 0) is 49.4 Å². The Morgan fingerprint density at radius 1 is 1.39 bits per heavy atom. The highest BCUT2D eigenvalue weighted by molar-refractivity contribution is 5.20. The van der Waals surface area contributed by atoms with E-state index in [1.54, 1.807) is 12.1 Å². The van der Waals surface area contributed by atoms with Crippen LogP contribution in [-0.4, -0.2) is 19.8 Å². The predicted molar refractivity (Wildman–Crippen MR) is 71.0 cm³/mol. The van der Waals surface area contributed by atoms with Gasteiger partial charge in [-0.2, -0.15) is 0 Å². The van der Waals surface area contributed by atoms with Gasteiger partial charge in [-0.15, -0.1) is 0 Å². The van der Waals surface area contributed by atoms with Gasteiger partial charge < -0.3 is 10.1 Å². The summed E-state index contributed by atoms with van der Waals surface area (Å²) in [7, 11) is 0. The third-order valence-electron chi connectivity index (χ3n) is 3.51. The van der Waals surface area contributed by atoms with E-state index in [4.69, 9.17) is 4.74 Å². The first-order chi connectivity index (χ1) is 8.79. The van der Waals surface area contributed by atoms with Gasteiger partial charge in [-0.3, -0.25) is 0 Å². The van der Waals surface area contributed by atoms with Crippen LogP contribution in [0.5, 0.6) is 0 Å². The predicted octanol–water partition coefficient (Wildman–Crippen LogP) is 3.29.